The summed E-state index contributed by atoms with van der Waals surface area (Å²) >= 11 is 1.70. The first-order valence-electron chi connectivity index (χ1n) is 7.04. The minimum Gasteiger partial charge on any atom is -0.305 e. The summed E-state index contributed by atoms with van der Waals surface area (Å²) in [6.07, 6.45) is -2.31. The lowest BCUT2D eigenvalue weighted by atomic mass is 9.92. The molecule has 0 aromatic carbocycles. The van der Waals surface area contributed by atoms with Crippen LogP contribution in [0.15, 0.2) is 17.5 Å². The normalized spacial score (nSPS) is 25.0. The summed E-state index contributed by atoms with van der Waals surface area (Å²) in [5.74, 6) is 0.348. The van der Waals surface area contributed by atoms with Crippen LogP contribution < -0.4 is 5.32 Å². The van der Waals surface area contributed by atoms with E-state index < -0.39 is 12.7 Å². The Bertz CT molecular complexity index is 392. The van der Waals surface area contributed by atoms with Gasteiger partial charge in [0.15, 0.2) is 0 Å². The van der Waals surface area contributed by atoms with Gasteiger partial charge in [0.05, 0.1) is 6.54 Å². The van der Waals surface area contributed by atoms with Gasteiger partial charge in [-0.25, -0.2) is 0 Å². The molecule has 2 rings (SSSR count). The van der Waals surface area contributed by atoms with Crippen molar-refractivity contribution in [3.63, 3.8) is 0 Å². The average molecular weight is 306 g/mol. The minimum absolute atomic E-state index is 0.0796. The second-order valence-electron chi connectivity index (χ2n) is 5.40. The van der Waals surface area contributed by atoms with Crippen molar-refractivity contribution < 1.29 is 13.2 Å². The third-order valence-corrected chi connectivity index (χ3v) is 4.64. The lowest BCUT2D eigenvalue weighted by molar-refractivity contribution is -0.127. The first kappa shape index (κ1) is 15.8. The molecule has 2 nitrogen and oxygen atoms in total. The average Bonchev–Trinajstić information content (AvgIpc) is 2.89. The fourth-order valence-electron chi connectivity index (χ4n) is 2.83. The number of thiophene rings is 1. The molecule has 1 saturated heterocycles. The van der Waals surface area contributed by atoms with E-state index in [1.54, 1.807) is 11.3 Å². The zero-order chi connectivity index (χ0) is 14.6. The van der Waals surface area contributed by atoms with E-state index in [0.717, 1.165) is 25.9 Å². The molecule has 2 heterocycles. The summed E-state index contributed by atoms with van der Waals surface area (Å²) in [7, 11) is 0. The third-order valence-electron chi connectivity index (χ3n) is 3.60. The van der Waals surface area contributed by atoms with Gasteiger partial charge in [0.1, 0.15) is 0 Å². The molecule has 1 N–H and O–H groups in total. The fourth-order valence-corrected chi connectivity index (χ4v) is 3.66. The van der Waals surface area contributed by atoms with Gasteiger partial charge in [-0.05, 0) is 30.8 Å². The Labute approximate surface area is 122 Å². The van der Waals surface area contributed by atoms with E-state index in [4.69, 9.17) is 0 Å². The topological polar surface area (TPSA) is 15.3 Å². The maximum atomic E-state index is 12.4. The highest BCUT2D eigenvalue weighted by atomic mass is 32.1. The number of hydrogen-bond donors (Lipinski definition) is 1. The Morgan fingerprint density at radius 2 is 2.20 bits per heavy atom. The third kappa shape index (κ3) is 4.75. The molecule has 2 atom stereocenters. The van der Waals surface area contributed by atoms with Gasteiger partial charge in [-0.15, -0.1) is 11.3 Å². The van der Waals surface area contributed by atoms with Crippen molar-refractivity contribution in [2.75, 3.05) is 26.2 Å². The zero-order valence-corrected chi connectivity index (χ0v) is 12.4. The summed E-state index contributed by atoms with van der Waals surface area (Å²) in [6, 6.07) is 4.02. The summed E-state index contributed by atoms with van der Waals surface area (Å²) in [5, 5.41) is 4.71. The number of likely N-dealkylation sites (tertiary alicyclic amines) is 1. The Morgan fingerprint density at radius 1 is 1.40 bits per heavy atom. The lowest BCUT2D eigenvalue weighted by Gasteiger charge is -2.38. The van der Waals surface area contributed by atoms with Gasteiger partial charge in [-0.2, -0.15) is 13.2 Å². The number of piperidine rings is 1. The van der Waals surface area contributed by atoms with E-state index in [1.807, 2.05) is 11.4 Å². The van der Waals surface area contributed by atoms with Crippen LogP contribution in [0.1, 0.15) is 30.6 Å². The highest BCUT2D eigenvalue weighted by Gasteiger charge is 2.32. The first-order valence-corrected chi connectivity index (χ1v) is 7.92. The van der Waals surface area contributed by atoms with Crippen LogP contribution in [-0.4, -0.2) is 43.3 Å². The number of nitrogens with zero attached hydrogens (tertiary/aromatic N) is 1. The molecule has 0 radical (unpaired) electrons. The van der Waals surface area contributed by atoms with Crippen molar-refractivity contribution in [2.45, 2.75) is 37.9 Å². The molecule has 0 spiro atoms. The summed E-state index contributed by atoms with van der Waals surface area (Å²) < 4.78 is 37.1. The molecule has 1 aromatic rings. The molecule has 1 aliphatic heterocycles. The van der Waals surface area contributed by atoms with E-state index in [2.05, 4.69) is 23.2 Å². The SMILES string of the molecule is CCCN1CC(NCC(F)(F)F)CC(c2cccs2)C1. The van der Waals surface area contributed by atoms with Crippen LogP contribution in [0.3, 0.4) is 0 Å². The van der Waals surface area contributed by atoms with Crippen molar-refractivity contribution in [3.8, 4) is 0 Å². The Balaban J connectivity index is 1.97. The van der Waals surface area contributed by atoms with Crippen LogP contribution in [0.25, 0.3) is 0 Å². The molecule has 20 heavy (non-hydrogen) atoms. The molecule has 2 unspecified atom stereocenters. The Hall–Kier alpha value is -0.590. The number of rotatable bonds is 5. The quantitative estimate of drug-likeness (QED) is 0.896. The molecule has 1 fully saturated rings. The smallest absolute Gasteiger partial charge is 0.305 e. The molecular weight excluding hydrogens is 285 g/mol. The first-order chi connectivity index (χ1) is 9.48. The molecule has 1 aromatic heterocycles. The van der Waals surface area contributed by atoms with Crippen LogP contribution in [0, 0.1) is 0 Å². The highest BCUT2D eigenvalue weighted by Crippen LogP contribution is 2.30. The molecule has 0 amide bonds. The van der Waals surface area contributed by atoms with Crippen molar-refractivity contribution in [1.82, 2.24) is 10.2 Å². The van der Waals surface area contributed by atoms with Gasteiger partial charge < -0.3 is 10.2 Å². The van der Waals surface area contributed by atoms with Crippen LogP contribution in [0.5, 0.6) is 0 Å². The Kier molecular flexibility index (Phi) is 5.46. The summed E-state index contributed by atoms with van der Waals surface area (Å²) in [5.41, 5.74) is 0. The van der Waals surface area contributed by atoms with Gasteiger partial charge in [-0.3, -0.25) is 0 Å². The largest absolute Gasteiger partial charge is 0.401 e. The van der Waals surface area contributed by atoms with E-state index in [1.165, 1.54) is 4.88 Å². The van der Waals surface area contributed by atoms with E-state index in [0.29, 0.717) is 12.5 Å². The van der Waals surface area contributed by atoms with Crippen LogP contribution in [0.4, 0.5) is 13.2 Å². The predicted molar refractivity (Wildman–Crippen MR) is 76.3 cm³/mol. The molecule has 114 valence electrons. The maximum absolute atomic E-state index is 12.4. The predicted octanol–water partition coefficient (Wildman–Crippen LogP) is 3.47. The lowest BCUT2D eigenvalue weighted by Crippen LogP contribution is -2.50. The highest BCUT2D eigenvalue weighted by molar-refractivity contribution is 7.10. The molecule has 0 saturated carbocycles. The van der Waals surface area contributed by atoms with Gasteiger partial charge in [-0.1, -0.05) is 13.0 Å². The zero-order valence-electron chi connectivity index (χ0n) is 11.6. The number of nitrogens with one attached hydrogen (secondary N) is 1. The van der Waals surface area contributed by atoms with Crippen molar-refractivity contribution in [1.29, 1.82) is 0 Å². The molecule has 0 aliphatic carbocycles. The monoisotopic (exact) mass is 306 g/mol. The summed E-state index contributed by atoms with van der Waals surface area (Å²) in [6.45, 7) is 3.83. The van der Waals surface area contributed by atoms with E-state index in [9.17, 15) is 13.2 Å². The molecule has 6 heteroatoms. The van der Waals surface area contributed by atoms with Crippen LogP contribution in [0.2, 0.25) is 0 Å². The second kappa shape index (κ2) is 6.91. The van der Waals surface area contributed by atoms with E-state index >= 15 is 0 Å². The number of halogens is 3. The van der Waals surface area contributed by atoms with Gasteiger partial charge in [0.2, 0.25) is 0 Å². The number of hydrogen-bond acceptors (Lipinski definition) is 3. The molecule has 0 bridgehead atoms. The standard InChI is InChI=1S/C14H21F3N2S/c1-2-5-19-8-11(13-4-3-6-20-13)7-12(9-19)18-10-14(15,16)17/h3-4,6,11-12,18H,2,5,7-10H2,1H3. The fraction of sp³-hybridized carbons (Fsp3) is 0.714. The van der Waals surface area contributed by atoms with E-state index in [-0.39, 0.29) is 6.04 Å². The molecular formula is C14H21F3N2S. The number of alkyl halides is 3. The van der Waals surface area contributed by atoms with Crippen molar-refractivity contribution in [3.05, 3.63) is 22.4 Å². The van der Waals surface area contributed by atoms with Gasteiger partial charge in [0.25, 0.3) is 0 Å². The minimum atomic E-state index is -4.13. The Morgan fingerprint density at radius 3 is 2.80 bits per heavy atom. The van der Waals surface area contributed by atoms with Crippen molar-refractivity contribution >= 4 is 11.3 Å². The molecule has 1 aliphatic rings. The maximum Gasteiger partial charge on any atom is 0.401 e. The second-order valence-corrected chi connectivity index (χ2v) is 6.38. The van der Waals surface area contributed by atoms with Crippen LogP contribution in [-0.2, 0) is 0 Å². The van der Waals surface area contributed by atoms with Gasteiger partial charge >= 0.3 is 6.18 Å². The summed E-state index contributed by atoms with van der Waals surface area (Å²) in [4.78, 5) is 3.56. The van der Waals surface area contributed by atoms with Crippen LogP contribution >= 0.6 is 11.3 Å². The van der Waals surface area contributed by atoms with Crippen molar-refractivity contribution in [2.24, 2.45) is 0 Å². The van der Waals surface area contributed by atoms with Gasteiger partial charge in [0, 0.05) is 29.9 Å².